The Morgan fingerprint density at radius 3 is 2.83 bits per heavy atom. The highest BCUT2D eigenvalue weighted by Gasteiger charge is 2.28. The lowest BCUT2D eigenvalue weighted by Crippen LogP contribution is -2.47. The highest BCUT2D eigenvalue weighted by Crippen LogP contribution is 2.21. The van der Waals surface area contributed by atoms with Gasteiger partial charge in [-0.2, -0.15) is 0 Å². The van der Waals surface area contributed by atoms with Gasteiger partial charge in [-0.3, -0.25) is 4.79 Å². The molecular formula is C12H18N2O3S. The second-order valence-electron chi connectivity index (χ2n) is 4.69. The SMILES string of the molecule is Cc1noc(C)c1CSCC(=O)NC1CC(O)C1. The van der Waals surface area contributed by atoms with Gasteiger partial charge in [-0.1, -0.05) is 5.16 Å². The third kappa shape index (κ3) is 3.26. The predicted molar refractivity (Wildman–Crippen MR) is 69.3 cm³/mol. The fourth-order valence-electron chi connectivity index (χ4n) is 1.93. The lowest BCUT2D eigenvalue weighted by molar-refractivity contribution is -0.120. The highest BCUT2D eigenvalue weighted by atomic mass is 32.2. The maximum absolute atomic E-state index is 11.6. The van der Waals surface area contributed by atoms with Crippen molar-refractivity contribution in [1.29, 1.82) is 0 Å². The van der Waals surface area contributed by atoms with Crippen molar-refractivity contribution >= 4 is 17.7 Å². The third-order valence-electron chi connectivity index (χ3n) is 3.14. The monoisotopic (exact) mass is 270 g/mol. The molecule has 1 amide bonds. The first-order valence-electron chi connectivity index (χ1n) is 6.03. The zero-order chi connectivity index (χ0) is 13.1. The number of thioether (sulfide) groups is 1. The fourth-order valence-corrected chi connectivity index (χ4v) is 2.92. The summed E-state index contributed by atoms with van der Waals surface area (Å²) in [5.74, 6) is 2.02. The van der Waals surface area contributed by atoms with E-state index in [1.807, 2.05) is 13.8 Å². The topological polar surface area (TPSA) is 75.4 Å². The van der Waals surface area contributed by atoms with Gasteiger partial charge < -0.3 is 14.9 Å². The van der Waals surface area contributed by atoms with E-state index in [4.69, 9.17) is 9.63 Å². The van der Waals surface area contributed by atoms with Gasteiger partial charge in [0.2, 0.25) is 5.91 Å². The number of aromatic nitrogens is 1. The number of carbonyl (C=O) groups is 1. The molecular weight excluding hydrogens is 252 g/mol. The van der Waals surface area contributed by atoms with Gasteiger partial charge in [-0.15, -0.1) is 11.8 Å². The van der Waals surface area contributed by atoms with Crippen LogP contribution in [0.1, 0.15) is 29.9 Å². The van der Waals surface area contributed by atoms with Gasteiger partial charge in [0.05, 0.1) is 17.6 Å². The van der Waals surface area contributed by atoms with Crippen LogP contribution in [0.2, 0.25) is 0 Å². The number of nitrogens with one attached hydrogen (secondary N) is 1. The Morgan fingerprint density at radius 2 is 2.28 bits per heavy atom. The second-order valence-corrected chi connectivity index (χ2v) is 5.67. The van der Waals surface area contributed by atoms with Crippen molar-refractivity contribution in [2.24, 2.45) is 0 Å². The molecule has 1 heterocycles. The van der Waals surface area contributed by atoms with Crippen LogP contribution in [0.5, 0.6) is 0 Å². The molecule has 0 aromatic carbocycles. The van der Waals surface area contributed by atoms with Crippen molar-refractivity contribution in [2.45, 2.75) is 44.6 Å². The summed E-state index contributed by atoms with van der Waals surface area (Å²) >= 11 is 1.55. The maximum atomic E-state index is 11.6. The molecule has 6 heteroatoms. The molecule has 1 saturated carbocycles. The molecule has 0 saturated heterocycles. The van der Waals surface area contributed by atoms with Crippen molar-refractivity contribution in [3.63, 3.8) is 0 Å². The Kier molecular flexibility index (Phi) is 4.29. The summed E-state index contributed by atoms with van der Waals surface area (Å²) in [6.45, 7) is 3.79. The van der Waals surface area contributed by atoms with Gasteiger partial charge in [-0.05, 0) is 26.7 Å². The number of rotatable bonds is 5. The minimum Gasteiger partial charge on any atom is -0.393 e. The van der Waals surface area contributed by atoms with Crippen molar-refractivity contribution in [3.8, 4) is 0 Å². The van der Waals surface area contributed by atoms with Crippen molar-refractivity contribution < 1.29 is 14.4 Å². The largest absolute Gasteiger partial charge is 0.393 e. The van der Waals surface area contributed by atoms with Crippen LogP contribution in [0.15, 0.2) is 4.52 Å². The summed E-state index contributed by atoms with van der Waals surface area (Å²) in [5, 5.41) is 15.9. The first-order valence-corrected chi connectivity index (χ1v) is 7.18. The van der Waals surface area contributed by atoms with Gasteiger partial charge in [0.15, 0.2) is 0 Å². The average molecular weight is 270 g/mol. The van der Waals surface area contributed by atoms with Crippen molar-refractivity contribution in [1.82, 2.24) is 10.5 Å². The standard InChI is InChI=1S/C12H18N2O3S/c1-7-11(8(2)17-14-7)5-18-6-12(16)13-9-3-10(15)4-9/h9-10,15H,3-6H2,1-2H3,(H,13,16). The van der Waals surface area contributed by atoms with Crippen molar-refractivity contribution in [3.05, 3.63) is 17.0 Å². The molecule has 1 fully saturated rings. The molecule has 0 bridgehead atoms. The molecule has 1 aromatic rings. The number of aliphatic hydroxyl groups is 1. The molecule has 2 N–H and O–H groups in total. The van der Waals surface area contributed by atoms with Crippen molar-refractivity contribution in [2.75, 3.05) is 5.75 Å². The quantitative estimate of drug-likeness (QED) is 0.840. The molecule has 1 aliphatic rings. The molecule has 5 nitrogen and oxygen atoms in total. The van der Waals surface area contributed by atoms with E-state index >= 15 is 0 Å². The highest BCUT2D eigenvalue weighted by molar-refractivity contribution is 7.99. The number of amides is 1. The number of hydrogen-bond acceptors (Lipinski definition) is 5. The summed E-state index contributed by atoms with van der Waals surface area (Å²) in [7, 11) is 0. The number of hydrogen-bond donors (Lipinski definition) is 2. The van der Waals surface area contributed by atoms with Crippen LogP contribution >= 0.6 is 11.8 Å². The van der Waals surface area contributed by atoms with E-state index < -0.39 is 0 Å². The van der Waals surface area contributed by atoms with Gasteiger partial charge in [0.1, 0.15) is 5.76 Å². The zero-order valence-electron chi connectivity index (χ0n) is 10.6. The molecule has 0 atom stereocenters. The molecule has 2 rings (SSSR count). The second kappa shape index (κ2) is 5.75. The summed E-state index contributed by atoms with van der Waals surface area (Å²) < 4.78 is 5.06. The van der Waals surface area contributed by atoms with Crippen LogP contribution in [-0.2, 0) is 10.5 Å². The van der Waals surface area contributed by atoms with E-state index in [0.717, 1.165) is 22.8 Å². The van der Waals surface area contributed by atoms with Gasteiger partial charge >= 0.3 is 0 Å². The van der Waals surface area contributed by atoms with E-state index in [0.29, 0.717) is 18.6 Å². The summed E-state index contributed by atoms with van der Waals surface area (Å²) in [5.41, 5.74) is 1.97. The zero-order valence-corrected chi connectivity index (χ0v) is 11.4. The lowest BCUT2D eigenvalue weighted by Gasteiger charge is -2.31. The van der Waals surface area contributed by atoms with Gasteiger partial charge in [0.25, 0.3) is 0 Å². The lowest BCUT2D eigenvalue weighted by atomic mass is 9.89. The number of aliphatic hydroxyl groups excluding tert-OH is 1. The summed E-state index contributed by atoms with van der Waals surface area (Å²) in [6, 6.07) is 0.159. The molecule has 0 aliphatic heterocycles. The van der Waals surface area contributed by atoms with Crippen LogP contribution < -0.4 is 5.32 Å². The molecule has 100 valence electrons. The molecule has 1 aromatic heterocycles. The van der Waals surface area contributed by atoms with E-state index in [-0.39, 0.29) is 18.1 Å². The smallest absolute Gasteiger partial charge is 0.230 e. The Hall–Kier alpha value is -1.01. The van der Waals surface area contributed by atoms with Gasteiger partial charge in [0, 0.05) is 17.4 Å². The van der Waals surface area contributed by atoms with Crippen LogP contribution in [0.4, 0.5) is 0 Å². The van der Waals surface area contributed by atoms with E-state index in [9.17, 15) is 4.79 Å². The Labute approximate surface area is 110 Å². The Morgan fingerprint density at radius 1 is 1.56 bits per heavy atom. The molecule has 0 radical (unpaired) electrons. The van der Waals surface area contributed by atoms with Crippen LogP contribution in [-0.4, -0.2) is 34.1 Å². The van der Waals surface area contributed by atoms with E-state index in [2.05, 4.69) is 10.5 Å². The predicted octanol–water partition coefficient (Wildman–Crippen LogP) is 1.16. The van der Waals surface area contributed by atoms with E-state index in [1.54, 1.807) is 11.8 Å². The maximum Gasteiger partial charge on any atom is 0.230 e. The minimum absolute atomic E-state index is 0.0312. The normalized spacial score (nSPS) is 22.6. The molecule has 1 aliphatic carbocycles. The van der Waals surface area contributed by atoms with Crippen LogP contribution in [0.3, 0.4) is 0 Å². The van der Waals surface area contributed by atoms with Gasteiger partial charge in [-0.25, -0.2) is 0 Å². The molecule has 18 heavy (non-hydrogen) atoms. The fraction of sp³-hybridized carbons (Fsp3) is 0.667. The first-order chi connectivity index (χ1) is 8.56. The average Bonchev–Trinajstić information content (AvgIpc) is 2.58. The number of nitrogens with zero attached hydrogens (tertiary/aromatic N) is 1. The number of aryl methyl sites for hydroxylation is 2. The number of carbonyl (C=O) groups excluding carboxylic acids is 1. The van der Waals surface area contributed by atoms with E-state index in [1.165, 1.54) is 0 Å². The Balaban J connectivity index is 1.67. The molecule has 0 spiro atoms. The summed E-state index contributed by atoms with van der Waals surface area (Å²) in [6.07, 6.45) is 1.13. The minimum atomic E-state index is -0.231. The molecule has 0 unspecified atom stereocenters. The Bertz CT molecular complexity index is 407. The van der Waals surface area contributed by atoms with Crippen LogP contribution in [0.25, 0.3) is 0 Å². The van der Waals surface area contributed by atoms with Crippen LogP contribution in [0, 0.1) is 13.8 Å². The summed E-state index contributed by atoms with van der Waals surface area (Å²) in [4.78, 5) is 11.6. The third-order valence-corrected chi connectivity index (χ3v) is 4.10. The first kappa shape index (κ1) is 13.4.